The highest BCUT2D eigenvalue weighted by Gasteiger charge is 2.20. The Bertz CT molecular complexity index is 766. The lowest BCUT2D eigenvalue weighted by Crippen LogP contribution is -2.15. The summed E-state index contributed by atoms with van der Waals surface area (Å²) in [5.74, 6) is -1.25. The molecule has 0 radical (unpaired) electrons. The number of rotatable bonds is 4. The van der Waals surface area contributed by atoms with E-state index in [0.29, 0.717) is 5.69 Å². The van der Waals surface area contributed by atoms with E-state index in [1.54, 1.807) is 6.92 Å². The van der Waals surface area contributed by atoms with E-state index < -0.39 is 16.0 Å². The van der Waals surface area contributed by atoms with E-state index in [-0.39, 0.29) is 22.0 Å². The average Bonchev–Trinajstić information content (AvgIpc) is 2.73. The summed E-state index contributed by atoms with van der Waals surface area (Å²) in [4.78, 5) is 10.5. The molecule has 8 nitrogen and oxygen atoms in total. The number of aromatic nitrogens is 1. The highest BCUT2D eigenvalue weighted by atomic mass is 32.2. The standard InChI is InChI=1S/C11H11N3O5S/c1-6-4-10(19-13-6)14-20(17,18)9-3-2-7(11(15)16)5-8(9)12/h2-5,14H,12H2,1H3,(H,15,16). The smallest absolute Gasteiger partial charge is 0.335 e. The minimum atomic E-state index is -3.97. The Labute approximate surface area is 114 Å². The molecule has 0 atom stereocenters. The fraction of sp³-hybridized carbons (Fsp3) is 0.0909. The van der Waals surface area contributed by atoms with Crippen LogP contribution < -0.4 is 10.5 Å². The third kappa shape index (κ3) is 2.72. The van der Waals surface area contributed by atoms with Crippen molar-refractivity contribution in [1.29, 1.82) is 0 Å². The van der Waals surface area contributed by atoms with E-state index >= 15 is 0 Å². The van der Waals surface area contributed by atoms with Crippen LogP contribution in [0, 0.1) is 6.92 Å². The van der Waals surface area contributed by atoms with Crippen molar-refractivity contribution >= 4 is 27.6 Å². The summed E-state index contributed by atoms with van der Waals surface area (Å²) in [6.07, 6.45) is 0. The second kappa shape index (κ2) is 4.85. The predicted molar refractivity (Wildman–Crippen MR) is 69.9 cm³/mol. The number of hydrogen-bond donors (Lipinski definition) is 3. The molecular formula is C11H11N3O5S. The SMILES string of the molecule is Cc1cc(NS(=O)(=O)c2ccc(C(=O)O)cc2N)on1. The summed E-state index contributed by atoms with van der Waals surface area (Å²) in [6, 6.07) is 4.74. The Kier molecular flexibility index (Phi) is 3.36. The Balaban J connectivity index is 2.37. The van der Waals surface area contributed by atoms with Gasteiger partial charge in [0.25, 0.3) is 10.0 Å². The van der Waals surface area contributed by atoms with Crippen molar-refractivity contribution in [2.45, 2.75) is 11.8 Å². The molecule has 0 amide bonds. The van der Waals surface area contributed by atoms with E-state index in [0.717, 1.165) is 18.2 Å². The molecule has 0 aliphatic heterocycles. The van der Waals surface area contributed by atoms with Gasteiger partial charge >= 0.3 is 5.97 Å². The van der Waals surface area contributed by atoms with Crippen molar-refractivity contribution in [3.63, 3.8) is 0 Å². The molecular weight excluding hydrogens is 286 g/mol. The molecule has 4 N–H and O–H groups in total. The van der Waals surface area contributed by atoms with Crippen molar-refractivity contribution in [3.8, 4) is 0 Å². The van der Waals surface area contributed by atoms with E-state index in [4.69, 9.17) is 15.4 Å². The van der Waals surface area contributed by atoms with Crippen molar-refractivity contribution < 1.29 is 22.8 Å². The number of hydrogen-bond acceptors (Lipinski definition) is 6. The van der Waals surface area contributed by atoms with Gasteiger partial charge in [-0.15, -0.1) is 0 Å². The predicted octanol–water partition coefficient (Wildman–Crippen LogP) is 1.06. The van der Waals surface area contributed by atoms with E-state index in [1.807, 2.05) is 0 Å². The average molecular weight is 297 g/mol. The van der Waals surface area contributed by atoms with Crippen LogP contribution in [0.5, 0.6) is 0 Å². The number of benzene rings is 1. The summed E-state index contributed by atoms with van der Waals surface area (Å²) < 4.78 is 31.1. The summed E-state index contributed by atoms with van der Waals surface area (Å²) >= 11 is 0. The number of carboxylic acid groups (broad SMARTS) is 1. The van der Waals surface area contributed by atoms with Crippen LogP contribution in [0.1, 0.15) is 16.1 Å². The molecule has 1 heterocycles. The summed E-state index contributed by atoms with van der Waals surface area (Å²) in [7, 11) is -3.97. The molecule has 0 aliphatic carbocycles. The largest absolute Gasteiger partial charge is 0.478 e. The van der Waals surface area contributed by atoms with Gasteiger partial charge in [-0.2, -0.15) is 0 Å². The topological polar surface area (TPSA) is 136 Å². The van der Waals surface area contributed by atoms with Crippen molar-refractivity contribution in [3.05, 3.63) is 35.5 Å². The van der Waals surface area contributed by atoms with Crippen molar-refractivity contribution in [1.82, 2.24) is 5.16 Å². The Hall–Kier alpha value is -2.55. The molecule has 2 rings (SSSR count). The number of carbonyl (C=O) groups is 1. The van der Waals surface area contributed by atoms with Crippen molar-refractivity contribution in [2.24, 2.45) is 0 Å². The van der Waals surface area contributed by atoms with Gasteiger partial charge in [0.15, 0.2) is 0 Å². The first-order chi connectivity index (χ1) is 9.29. The zero-order valence-electron chi connectivity index (χ0n) is 10.3. The lowest BCUT2D eigenvalue weighted by Gasteiger charge is -2.08. The van der Waals surface area contributed by atoms with Crippen LogP contribution in [0.4, 0.5) is 11.6 Å². The first kappa shape index (κ1) is 13.9. The van der Waals surface area contributed by atoms with Gasteiger partial charge in [0.05, 0.1) is 16.9 Å². The minimum Gasteiger partial charge on any atom is -0.478 e. The third-order valence-electron chi connectivity index (χ3n) is 2.41. The molecule has 106 valence electrons. The maximum Gasteiger partial charge on any atom is 0.335 e. The summed E-state index contributed by atoms with van der Waals surface area (Å²) in [5, 5.41) is 12.3. The maximum absolute atomic E-state index is 12.1. The van der Waals surface area contributed by atoms with Crippen LogP contribution in [-0.2, 0) is 10.0 Å². The number of nitrogen functional groups attached to an aromatic ring is 1. The van der Waals surface area contributed by atoms with Gasteiger partial charge in [-0.1, -0.05) is 5.16 Å². The maximum atomic E-state index is 12.1. The molecule has 1 aromatic heterocycles. The van der Waals surface area contributed by atoms with Gasteiger partial charge in [0.1, 0.15) is 4.90 Å². The molecule has 0 saturated heterocycles. The van der Waals surface area contributed by atoms with Crippen LogP contribution in [-0.4, -0.2) is 24.7 Å². The van der Waals surface area contributed by atoms with Crippen LogP contribution >= 0.6 is 0 Å². The molecule has 0 bridgehead atoms. The second-order valence-corrected chi connectivity index (χ2v) is 5.65. The van der Waals surface area contributed by atoms with Gasteiger partial charge in [0.2, 0.25) is 5.88 Å². The minimum absolute atomic E-state index is 0.0517. The third-order valence-corrected chi connectivity index (χ3v) is 3.83. The van der Waals surface area contributed by atoms with Crippen LogP contribution in [0.3, 0.4) is 0 Å². The van der Waals surface area contributed by atoms with Gasteiger partial charge in [-0.25, -0.2) is 17.9 Å². The molecule has 0 fully saturated rings. The lowest BCUT2D eigenvalue weighted by atomic mass is 10.2. The Morgan fingerprint density at radius 3 is 2.60 bits per heavy atom. The van der Waals surface area contributed by atoms with E-state index in [1.165, 1.54) is 6.07 Å². The normalized spacial score (nSPS) is 11.2. The number of aryl methyl sites for hydroxylation is 1. The number of anilines is 2. The van der Waals surface area contributed by atoms with Crippen LogP contribution in [0.15, 0.2) is 33.7 Å². The zero-order chi connectivity index (χ0) is 14.9. The highest BCUT2D eigenvalue weighted by molar-refractivity contribution is 7.92. The summed E-state index contributed by atoms with van der Waals surface area (Å²) in [6.45, 7) is 1.64. The molecule has 0 unspecified atom stereocenters. The van der Waals surface area contributed by atoms with Crippen molar-refractivity contribution in [2.75, 3.05) is 10.5 Å². The molecule has 0 spiro atoms. The Morgan fingerprint density at radius 2 is 2.10 bits per heavy atom. The Morgan fingerprint density at radius 1 is 1.40 bits per heavy atom. The fourth-order valence-corrected chi connectivity index (χ4v) is 2.61. The van der Waals surface area contributed by atoms with Crippen LogP contribution in [0.25, 0.3) is 0 Å². The lowest BCUT2D eigenvalue weighted by molar-refractivity contribution is 0.0697. The van der Waals surface area contributed by atoms with E-state index in [9.17, 15) is 13.2 Å². The molecule has 0 saturated carbocycles. The van der Waals surface area contributed by atoms with Gasteiger partial charge < -0.3 is 15.4 Å². The number of nitrogens with one attached hydrogen (secondary N) is 1. The molecule has 0 aliphatic rings. The second-order valence-electron chi connectivity index (χ2n) is 4.00. The molecule has 1 aromatic carbocycles. The van der Waals surface area contributed by atoms with E-state index in [2.05, 4.69) is 9.88 Å². The fourth-order valence-electron chi connectivity index (χ4n) is 1.53. The molecule has 9 heteroatoms. The number of carboxylic acids is 1. The first-order valence-corrected chi connectivity index (χ1v) is 6.87. The number of nitrogens with zero attached hydrogens (tertiary/aromatic N) is 1. The van der Waals surface area contributed by atoms with Gasteiger partial charge in [-0.3, -0.25) is 0 Å². The van der Waals surface area contributed by atoms with Gasteiger partial charge in [-0.05, 0) is 25.1 Å². The summed E-state index contributed by atoms with van der Waals surface area (Å²) in [5.41, 5.74) is 5.81. The quantitative estimate of drug-likeness (QED) is 0.718. The zero-order valence-corrected chi connectivity index (χ0v) is 11.1. The van der Waals surface area contributed by atoms with Crippen LogP contribution in [0.2, 0.25) is 0 Å². The van der Waals surface area contributed by atoms with Gasteiger partial charge in [0, 0.05) is 6.07 Å². The number of nitrogens with two attached hydrogens (primary N) is 1. The molecule has 20 heavy (non-hydrogen) atoms. The monoisotopic (exact) mass is 297 g/mol. The highest BCUT2D eigenvalue weighted by Crippen LogP contribution is 2.23. The number of aromatic carboxylic acids is 1. The molecule has 2 aromatic rings. The first-order valence-electron chi connectivity index (χ1n) is 5.38. The number of sulfonamides is 1.